The first-order chi connectivity index (χ1) is 12.5. The molecule has 0 bridgehead atoms. The van der Waals surface area contributed by atoms with Crippen LogP contribution in [-0.4, -0.2) is 26.8 Å². The van der Waals surface area contributed by atoms with E-state index in [1.807, 2.05) is 43.3 Å². The SMILES string of the molecule is CN(C)c1ccc(CN(Cc2ccco2)S(=O)(=O)c2ccccc2)cc1. The normalized spacial score (nSPS) is 11.7. The van der Waals surface area contributed by atoms with Crippen LogP contribution in [0.4, 0.5) is 5.69 Å². The van der Waals surface area contributed by atoms with E-state index < -0.39 is 10.0 Å². The van der Waals surface area contributed by atoms with E-state index in [0.717, 1.165) is 11.3 Å². The molecule has 26 heavy (non-hydrogen) atoms. The molecule has 0 saturated heterocycles. The molecule has 2 aromatic carbocycles. The Bertz CT molecular complexity index is 919. The third-order valence-corrected chi connectivity index (χ3v) is 5.91. The number of sulfonamides is 1. The van der Waals surface area contributed by atoms with Crippen molar-refractivity contribution in [2.24, 2.45) is 0 Å². The van der Waals surface area contributed by atoms with Gasteiger partial charge in [-0.2, -0.15) is 4.31 Å². The summed E-state index contributed by atoms with van der Waals surface area (Å²) in [5, 5.41) is 0. The molecule has 1 aromatic heterocycles. The second-order valence-corrected chi connectivity index (χ2v) is 8.16. The highest BCUT2D eigenvalue weighted by Gasteiger charge is 2.25. The first-order valence-electron chi connectivity index (χ1n) is 8.30. The smallest absolute Gasteiger partial charge is 0.243 e. The predicted molar refractivity (Wildman–Crippen MR) is 102 cm³/mol. The second-order valence-electron chi connectivity index (χ2n) is 6.23. The highest BCUT2D eigenvalue weighted by atomic mass is 32.2. The van der Waals surface area contributed by atoms with E-state index in [1.165, 1.54) is 4.31 Å². The first kappa shape index (κ1) is 18.2. The van der Waals surface area contributed by atoms with E-state index in [9.17, 15) is 8.42 Å². The maximum atomic E-state index is 13.1. The fourth-order valence-corrected chi connectivity index (χ4v) is 4.06. The molecule has 3 aromatic rings. The zero-order chi connectivity index (χ0) is 18.6. The summed E-state index contributed by atoms with van der Waals surface area (Å²) in [6.45, 7) is 0.450. The van der Waals surface area contributed by atoms with Gasteiger partial charge in [0.1, 0.15) is 5.76 Å². The van der Waals surface area contributed by atoms with Gasteiger partial charge < -0.3 is 9.32 Å². The van der Waals surface area contributed by atoms with Crippen LogP contribution < -0.4 is 4.90 Å². The number of hydrogen-bond donors (Lipinski definition) is 0. The predicted octanol–water partition coefficient (Wildman–Crippen LogP) is 3.74. The van der Waals surface area contributed by atoms with Gasteiger partial charge in [0.25, 0.3) is 0 Å². The molecule has 0 atom stereocenters. The molecule has 0 unspecified atom stereocenters. The van der Waals surface area contributed by atoms with Crippen molar-refractivity contribution in [3.8, 4) is 0 Å². The lowest BCUT2D eigenvalue weighted by atomic mass is 10.2. The van der Waals surface area contributed by atoms with Crippen molar-refractivity contribution in [1.82, 2.24) is 4.31 Å². The van der Waals surface area contributed by atoms with Gasteiger partial charge in [0.05, 0.1) is 17.7 Å². The highest BCUT2D eigenvalue weighted by molar-refractivity contribution is 7.89. The van der Waals surface area contributed by atoms with Crippen LogP contribution >= 0.6 is 0 Å². The topological polar surface area (TPSA) is 53.8 Å². The molecule has 0 radical (unpaired) electrons. The van der Waals surface area contributed by atoms with Gasteiger partial charge in [0, 0.05) is 26.3 Å². The summed E-state index contributed by atoms with van der Waals surface area (Å²) in [7, 11) is 0.302. The standard InChI is InChI=1S/C20H22N2O3S/c1-21(2)18-12-10-17(11-13-18)15-22(16-19-7-6-14-25-19)26(23,24)20-8-4-3-5-9-20/h3-14H,15-16H2,1-2H3. The zero-order valence-electron chi connectivity index (χ0n) is 14.9. The third-order valence-electron chi connectivity index (χ3n) is 4.10. The van der Waals surface area contributed by atoms with Crippen molar-refractivity contribution >= 4 is 15.7 Å². The number of hydrogen-bond acceptors (Lipinski definition) is 4. The van der Waals surface area contributed by atoms with E-state index >= 15 is 0 Å². The Morgan fingerprint density at radius 2 is 1.54 bits per heavy atom. The summed E-state index contributed by atoms with van der Waals surface area (Å²) in [6.07, 6.45) is 1.55. The van der Waals surface area contributed by atoms with E-state index in [-0.39, 0.29) is 18.0 Å². The van der Waals surface area contributed by atoms with Gasteiger partial charge in [-0.05, 0) is 42.0 Å². The summed E-state index contributed by atoms with van der Waals surface area (Å²) in [6, 6.07) is 19.9. The molecular formula is C20H22N2O3S. The minimum atomic E-state index is -3.64. The van der Waals surface area contributed by atoms with Crippen LogP contribution in [0, 0.1) is 0 Å². The molecule has 0 aliphatic heterocycles. The lowest BCUT2D eigenvalue weighted by molar-refractivity contribution is 0.358. The molecule has 5 nitrogen and oxygen atoms in total. The van der Waals surface area contributed by atoms with Crippen LogP contribution in [0.25, 0.3) is 0 Å². The maximum absolute atomic E-state index is 13.1. The molecule has 0 aliphatic carbocycles. The minimum absolute atomic E-state index is 0.180. The van der Waals surface area contributed by atoms with Crippen molar-refractivity contribution in [3.63, 3.8) is 0 Å². The third kappa shape index (κ3) is 4.15. The number of nitrogens with zero attached hydrogens (tertiary/aromatic N) is 2. The molecule has 0 fully saturated rings. The van der Waals surface area contributed by atoms with Crippen molar-refractivity contribution in [1.29, 1.82) is 0 Å². The quantitative estimate of drug-likeness (QED) is 0.636. The Morgan fingerprint density at radius 3 is 2.12 bits per heavy atom. The maximum Gasteiger partial charge on any atom is 0.243 e. The summed E-state index contributed by atoms with van der Waals surface area (Å²) in [4.78, 5) is 2.28. The Morgan fingerprint density at radius 1 is 0.846 bits per heavy atom. The van der Waals surface area contributed by atoms with Crippen LogP contribution in [0.15, 0.2) is 82.3 Å². The van der Waals surface area contributed by atoms with Gasteiger partial charge in [0.2, 0.25) is 10.0 Å². The van der Waals surface area contributed by atoms with Crippen molar-refractivity contribution in [2.45, 2.75) is 18.0 Å². The van der Waals surface area contributed by atoms with Crippen molar-refractivity contribution in [2.75, 3.05) is 19.0 Å². The molecule has 0 saturated carbocycles. The molecule has 3 rings (SSSR count). The van der Waals surface area contributed by atoms with Gasteiger partial charge >= 0.3 is 0 Å². The van der Waals surface area contributed by atoms with Gasteiger partial charge in [-0.15, -0.1) is 0 Å². The fraction of sp³-hybridized carbons (Fsp3) is 0.200. The molecule has 0 aliphatic rings. The average Bonchev–Trinajstić information content (AvgIpc) is 3.15. The second kappa shape index (κ2) is 7.76. The zero-order valence-corrected chi connectivity index (χ0v) is 15.7. The van der Waals surface area contributed by atoms with Gasteiger partial charge in [0.15, 0.2) is 0 Å². The van der Waals surface area contributed by atoms with Crippen LogP contribution in [0.3, 0.4) is 0 Å². The Hall–Kier alpha value is -2.57. The monoisotopic (exact) mass is 370 g/mol. The Labute approximate surface area is 154 Å². The highest BCUT2D eigenvalue weighted by Crippen LogP contribution is 2.22. The van der Waals surface area contributed by atoms with E-state index in [1.54, 1.807) is 48.7 Å². The van der Waals surface area contributed by atoms with Gasteiger partial charge in [-0.3, -0.25) is 0 Å². The Kier molecular flexibility index (Phi) is 5.44. The lowest BCUT2D eigenvalue weighted by Crippen LogP contribution is -2.30. The lowest BCUT2D eigenvalue weighted by Gasteiger charge is -2.22. The molecular weight excluding hydrogens is 348 g/mol. The molecule has 0 spiro atoms. The Balaban J connectivity index is 1.90. The van der Waals surface area contributed by atoms with Gasteiger partial charge in [-0.25, -0.2) is 8.42 Å². The molecule has 136 valence electrons. The average molecular weight is 370 g/mol. The summed E-state index contributed by atoms with van der Waals surface area (Å²) in [5.41, 5.74) is 1.99. The van der Waals surface area contributed by atoms with Crippen LogP contribution in [0.5, 0.6) is 0 Å². The van der Waals surface area contributed by atoms with Crippen molar-refractivity contribution in [3.05, 3.63) is 84.3 Å². The van der Waals surface area contributed by atoms with Crippen LogP contribution in [-0.2, 0) is 23.1 Å². The van der Waals surface area contributed by atoms with E-state index in [2.05, 4.69) is 0 Å². The molecule has 0 amide bonds. The fourth-order valence-electron chi connectivity index (χ4n) is 2.65. The summed E-state index contributed by atoms with van der Waals surface area (Å²) >= 11 is 0. The summed E-state index contributed by atoms with van der Waals surface area (Å²) in [5.74, 6) is 0.606. The molecule has 1 heterocycles. The van der Waals surface area contributed by atoms with E-state index in [0.29, 0.717) is 5.76 Å². The first-order valence-corrected chi connectivity index (χ1v) is 9.74. The number of anilines is 1. The number of rotatable bonds is 7. The largest absolute Gasteiger partial charge is 0.468 e. The molecule has 6 heteroatoms. The van der Waals surface area contributed by atoms with Crippen LogP contribution in [0.1, 0.15) is 11.3 Å². The number of furan rings is 1. The summed E-state index contributed by atoms with van der Waals surface area (Å²) < 4.78 is 33.0. The van der Waals surface area contributed by atoms with E-state index in [4.69, 9.17) is 4.42 Å². The van der Waals surface area contributed by atoms with Crippen molar-refractivity contribution < 1.29 is 12.8 Å². The van der Waals surface area contributed by atoms with Crippen LogP contribution in [0.2, 0.25) is 0 Å². The molecule has 0 N–H and O–H groups in total. The minimum Gasteiger partial charge on any atom is -0.468 e. The number of benzene rings is 2. The van der Waals surface area contributed by atoms with Gasteiger partial charge in [-0.1, -0.05) is 30.3 Å².